The van der Waals surface area contributed by atoms with Crippen molar-refractivity contribution < 1.29 is 5.11 Å². The SMILES string of the molecule is Cc1cc(Nc2cncc(Nc3ccc(Cl)c(C(C)(C)O)c3)n2)n[nH]1. The van der Waals surface area contributed by atoms with Crippen molar-refractivity contribution in [2.24, 2.45) is 0 Å². The molecule has 7 nitrogen and oxygen atoms in total. The summed E-state index contributed by atoms with van der Waals surface area (Å²) in [6.07, 6.45) is 3.22. The van der Waals surface area contributed by atoms with Crippen LogP contribution in [0.1, 0.15) is 25.1 Å². The van der Waals surface area contributed by atoms with Crippen LogP contribution in [0, 0.1) is 6.92 Å². The molecular weight excluding hydrogens is 340 g/mol. The van der Waals surface area contributed by atoms with Crippen LogP contribution >= 0.6 is 11.6 Å². The van der Waals surface area contributed by atoms with E-state index in [2.05, 4.69) is 30.8 Å². The molecule has 0 radical (unpaired) electrons. The Bertz CT molecular complexity index is 887. The van der Waals surface area contributed by atoms with Crippen molar-refractivity contribution in [2.75, 3.05) is 10.6 Å². The van der Waals surface area contributed by atoms with Crippen molar-refractivity contribution in [3.63, 3.8) is 0 Å². The summed E-state index contributed by atoms with van der Waals surface area (Å²) in [4.78, 5) is 8.62. The first kappa shape index (κ1) is 17.2. The molecule has 0 bridgehead atoms. The number of H-pyrrole nitrogens is 1. The molecule has 0 aliphatic heterocycles. The Morgan fingerprint density at radius 3 is 2.44 bits per heavy atom. The number of rotatable bonds is 5. The number of hydrogen-bond donors (Lipinski definition) is 4. The van der Waals surface area contributed by atoms with Crippen molar-refractivity contribution in [1.82, 2.24) is 20.2 Å². The lowest BCUT2D eigenvalue weighted by Crippen LogP contribution is -2.16. The van der Waals surface area contributed by atoms with Gasteiger partial charge in [-0.1, -0.05) is 11.6 Å². The van der Waals surface area contributed by atoms with E-state index >= 15 is 0 Å². The maximum absolute atomic E-state index is 10.2. The number of aliphatic hydroxyl groups is 1. The van der Waals surface area contributed by atoms with E-state index in [0.29, 0.717) is 28.0 Å². The van der Waals surface area contributed by atoms with Crippen LogP contribution in [0.5, 0.6) is 0 Å². The van der Waals surface area contributed by atoms with Crippen LogP contribution in [-0.2, 0) is 5.60 Å². The van der Waals surface area contributed by atoms with Gasteiger partial charge < -0.3 is 15.7 Å². The zero-order valence-electron chi connectivity index (χ0n) is 14.1. The van der Waals surface area contributed by atoms with Crippen molar-refractivity contribution >= 4 is 34.7 Å². The molecule has 3 aromatic rings. The van der Waals surface area contributed by atoms with Gasteiger partial charge in [-0.25, -0.2) is 4.98 Å². The number of halogens is 1. The summed E-state index contributed by atoms with van der Waals surface area (Å²) in [7, 11) is 0. The minimum absolute atomic E-state index is 0.508. The van der Waals surface area contributed by atoms with Crippen LogP contribution in [0.15, 0.2) is 36.7 Å². The number of nitrogens with one attached hydrogen (secondary N) is 3. The Morgan fingerprint density at radius 2 is 1.80 bits per heavy atom. The molecule has 0 saturated heterocycles. The number of hydrogen-bond acceptors (Lipinski definition) is 6. The third-order valence-corrected chi connectivity index (χ3v) is 3.82. The average molecular weight is 359 g/mol. The maximum Gasteiger partial charge on any atom is 0.153 e. The highest BCUT2D eigenvalue weighted by Gasteiger charge is 2.20. The van der Waals surface area contributed by atoms with Gasteiger partial charge in [0.15, 0.2) is 17.5 Å². The van der Waals surface area contributed by atoms with Crippen LogP contribution in [0.4, 0.5) is 23.1 Å². The van der Waals surface area contributed by atoms with E-state index < -0.39 is 5.60 Å². The van der Waals surface area contributed by atoms with Gasteiger partial charge in [0.25, 0.3) is 0 Å². The minimum Gasteiger partial charge on any atom is -0.386 e. The number of aromatic amines is 1. The largest absolute Gasteiger partial charge is 0.386 e. The van der Waals surface area contributed by atoms with Crippen LogP contribution in [0.25, 0.3) is 0 Å². The molecule has 2 aromatic heterocycles. The molecule has 0 fully saturated rings. The molecule has 25 heavy (non-hydrogen) atoms. The summed E-state index contributed by atoms with van der Waals surface area (Å²) in [6, 6.07) is 7.22. The lowest BCUT2D eigenvalue weighted by molar-refractivity contribution is 0.0788. The fraction of sp³-hybridized carbons (Fsp3) is 0.235. The van der Waals surface area contributed by atoms with E-state index in [1.54, 1.807) is 38.4 Å². The van der Waals surface area contributed by atoms with Crippen molar-refractivity contribution in [3.05, 3.63) is 52.9 Å². The fourth-order valence-corrected chi connectivity index (χ4v) is 2.67. The molecule has 3 rings (SSSR count). The summed E-state index contributed by atoms with van der Waals surface area (Å²) in [5.74, 6) is 1.79. The van der Waals surface area contributed by atoms with Gasteiger partial charge in [0.1, 0.15) is 0 Å². The van der Waals surface area contributed by atoms with Crippen molar-refractivity contribution in [3.8, 4) is 0 Å². The summed E-state index contributed by atoms with van der Waals surface area (Å²) in [6.45, 7) is 5.30. The summed E-state index contributed by atoms with van der Waals surface area (Å²) in [5, 5.41) is 23.9. The predicted molar refractivity (Wildman–Crippen MR) is 98.6 cm³/mol. The zero-order valence-corrected chi connectivity index (χ0v) is 14.9. The molecule has 0 aliphatic rings. The predicted octanol–water partition coefficient (Wildman–Crippen LogP) is 3.88. The van der Waals surface area contributed by atoms with E-state index in [4.69, 9.17) is 11.6 Å². The monoisotopic (exact) mass is 358 g/mol. The number of benzene rings is 1. The molecule has 8 heteroatoms. The molecule has 0 unspecified atom stereocenters. The molecule has 130 valence electrons. The first-order valence-corrected chi connectivity index (χ1v) is 8.09. The van der Waals surface area contributed by atoms with Crippen molar-refractivity contribution in [1.29, 1.82) is 0 Å². The highest BCUT2D eigenvalue weighted by atomic mass is 35.5. The average Bonchev–Trinajstić information content (AvgIpc) is 2.93. The number of nitrogens with zero attached hydrogens (tertiary/aromatic N) is 3. The molecule has 0 saturated carbocycles. The summed E-state index contributed by atoms with van der Waals surface area (Å²) >= 11 is 6.17. The van der Waals surface area contributed by atoms with E-state index in [0.717, 1.165) is 11.4 Å². The zero-order chi connectivity index (χ0) is 18.0. The van der Waals surface area contributed by atoms with Crippen LogP contribution in [0.3, 0.4) is 0 Å². The standard InChI is InChI=1S/C17H19ClN6O/c1-10-6-14(24-23-10)21-16-9-19-8-15(22-16)20-11-4-5-13(18)12(7-11)17(2,3)25/h4-9,25H,1-3H3,(H3,20,21,22,23,24). The van der Waals surface area contributed by atoms with E-state index in [9.17, 15) is 5.11 Å². The Labute approximate surface area is 150 Å². The van der Waals surface area contributed by atoms with Gasteiger partial charge in [0, 0.05) is 28.0 Å². The first-order valence-electron chi connectivity index (χ1n) is 7.72. The molecule has 1 aromatic carbocycles. The second kappa shape index (κ2) is 6.70. The van der Waals surface area contributed by atoms with Crippen molar-refractivity contribution in [2.45, 2.75) is 26.4 Å². The van der Waals surface area contributed by atoms with E-state index in [-0.39, 0.29) is 0 Å². The normalized spacial score (nSPS) is 11.4. The van der Waals surface area contributed by atoms with E-state index in [1.807, 2.05) is 19.1 Å². The third kappa shape index (κ3) is 4.26. The fourth-order valence-electron chi connectivity index (χ4n) is 2.32. The molecule has 0 amide bonds. The Morgan fingerprint density at radius 1 is 1.08 bits per heavy atom. The Kier molecular flexibility index (Phi) is 4.61. The van der Waals surface area contributed by atoms with Gasteiger partial charge in [-0.3, -0.25) is 10.1 Å². The lowest BCUT2D eigenvalue weighted by atomic mass is 9.98. The van der Waals surface area contributed by atoms with E-state index in [1.165, 1.54) is 0 Å². The topological polar surface area (TPSA) is 98.8 Å². The van der Waals surface area contributed by atoms with Gasteiger partial charge in [-0.05, 0) is 39.0 Å². The Balaban J connectivity index is 1.80. The number of aromatic nitrogens is 4. The molecule has 2 heterocycles. The minimum atomic E-state index is -1.04. The van der Waals surface area contributed by atoms with Crippen LogP contribution in [0.2, 0.25) is 5.02 Å². The van der Waals surface area contributed by atoms with Gasteiger partial charge in [-0.2, -0.15) is 5.10 Å². The molecule has 0 spiro atoms. The van der Waals surface area contributed by atoms with Crippen LogP contribution < -0.4 is 10.6 Å². The molecule has 0 atom stereocenters. The molecular formula is C17H19ClN6O. The van der Waals surface area contributed by atoms with Crippen LogP contribution in [-0.4, -0.2) is 25.3 Å². The maximum atomic E-state index is 10.2. The van der Waals surface area contributed by atoms with Gasteiger partial charge in [0.05, 0.1) is 18.0 Å². The smallest absolute Gasteiger partial charge is 0.153 e. The highest BCUT2D eigenvalue weighted by Crippen LogP contribution is 2.31. The summed E-state index contributed by atoms with van der Waals surface area (Å²) < 4.78 is 0. The lowest BCUT2D eigenvalue weighted by Gasteiger charge is -2.20. The highest BCUT2D eigenvalue weighted by molar-refractivity contribution is 6.31. The first-order chi connectivity index (χ1) is 11.8. The molecule has 4 N–H and O–H groups in total. The van der Waals surface area contributed by atoms with Gasteiger partial charge in [-0.15, -0.1) is 0 Å². The van der Waals surface area contributed by atoms with Gasteiger partial charge in [0.2, 0.25) is 0 Å². The van der Waals surface area contributed by atoms with Gasteiger partial charge >= 0.3 is 0 Å². The Hall–Kier alpha value is -2.64. The quantitative estimate of drug-likeness (QED) is 0.552. The number of anilines is 4. The molecule has 0 aliphatic carbocycles. The number of aryl methyl sites for hydroxylation is 1. The summed E-state index contributed by atoms with van der Waals surface area (Å²) in [5.41, 5.74) is 1.30. The second-order valence-corrected chi connectivity index (χ2v) is 6.64. The second-order valence-electron chi connectivity index (χ2n) is 6.23. The third-order valence-electron chi connectivity index (χ3n) is 3.49.